The van der Waals surface area contributed by atoms with Crippen LogP contribution < -0.4 is 0 Å². The molecule has 0 aliphatic heterocycles. The molecule has 1 aliphatic rings. The van der Waals surface area contributed by atoms with E-state index in [0.29, 0.717) is 12.8 Å². The molecule has 2 rings (SSSR count). The molecule has 1 aromatic rings. The van der Waals surface area contributed by atoms with E-state index < -0.39 is 0 Å². The smallest absolute Gasteiger partial charge is 0.169 e. The lowest BCUT2D eigenvalue weighted by Gasteiger charge is -2.23. The highest BCUT2D eigenvalue weighted by Crippen LogP contribution is 2.35. The molecule has 0 saturated carbocycles. The molecule has 1 N–H and O–H groups in total. The highest BCUT2D eigenvalue weighted by Gasteiger charge is 2.32. The Hall–Kier alpha value is -1.90. The number of carbonyl (C=O) groups excluding carboxylic acids is 2. The van der Waals surface area contributed by atoms with E-state index in [0.717, 1.165) is 11.1 Å². The van der Waals surface area contributed by atoms with Gasteiger partial charge in [0.1, 0.15) is 5.76 Å². The quantitative estimate of drug-likeness (QED) is 0.847. The molecule has 0 spiro atoms. The second kappa shape index (κ2) is 5.39. The predicted molar refractivity (Wildman–Crippen MR) is 73.1 cm³/mol. The van der Waals surface area contributed by atoms with Crippen LogP contribution in [0.25, 0.3) is 0 Å². The van der Waals surface area contributed by atoms with Gasteiger partial charge < -0.3 is 5.11 Å². The summed E-state index contributed by atoms with van der Waals surface area (Å²) in [5, 5.41) is 10.3. The molecule has 100 valence electrons. The lowest BCUT2D eigenvalue weighted by molar-refractivity contribution is -0.122. The molecule has 0 amide bonds. The normalized spacial score (nSPS) is 19.7. The minimum atomic E-state index is -0.265. The van der Waals surface area contributed by atoms with Crippen molar-refractivity contribution in [1.82, 2.24) is 0 Å². The van der Waals surface area contributed by atoms with E-state index in [4.69, 9.17) is 0 Å². The molecule has 3 nitrogen and oxygen atoms in total. The van der Waals surface area contributed by atoms with E-state index in [1.54, 1.807) is 6.92 Å². The summed E-state index contributed by atoms with van der Waals surface area (Å²) in [6.45, 7) is 3.70. The number of carbonyl (C=O) groups is 2. The molecule has 0 fully saturated rings. The summed E-state index contributed by atoms with van der Waals surface area (Å²) in [4.78, 5) is 23.6. The maximum atomic E-state index is 11.8. The van der Waals surface area contributed by atoms with E-state index in [-0.39, 0.29) is 35.2 Å². The topological polar surface area (TPSA) is 54.4 Å². The first-order chi connectivity index (χ1) is 9.04. The van der Waals surface area contributed by atoms with Crippen molar-refractivity contribution in [3.05, 3.63) is 46.7 Å². The van der Waals surface area contributed by atoms with Crippen molar-refractivity contribution >= 4 is 11.6 Å². The summed E-state index contributed by atoms with van der Waals surface area (Å²) in [5.74, 6) is -0.775. The molecule has 1 aliphatic carbocycles. The van der Waals surface area contributed by atoms with Crippen molar-refractivity contribution < 1.29 is 14.7 Å². The van der Waals surface area contributed by atoms with Crippen LogP contribution in [0, 0.1) is 6.92 Å². The first-order valence-electron chi connectivity index (χ1n) is 6.60. The molecule has 19 heavy (non-hydrogen) atoms. The Morgan fingerprint density at radius 2 is 1.95 bits per heavy atom. The third-order valence-corrected chi connectivity index (χ3v) is 3.60. The fourth-order valence-corrected chi connectivity index (χ4v) is 2.45. The van der Waals surface area contributed by atoms with Crippen LogP contribution in [0.2, 0.25) is 0 Å². The SMILES string of the molecule is CCC(=O)C1=C(O)C(c2ccc(C)cc2)CCC1=O. The van der Waals surface area contributed by atoms with Crippen molar-refractivity contribution in [2.24, 2.45) is 0 Å². The summed E-state index contributed by atoms with van der Waals surface area (Å²) in [7, 11) is 0. The first kappa shape index (κ1) is 13.5. The molecule has 0 aromatic heterocycles. The number of ketones is 2. The highest BCUT2D eigenvalue weighted by atomic mass is 16.3. The number of benzene rings is 1. The summed E-state index contributed by atoms with van der Waals surface area (Å²) in [5.41, 5.74) is 2.11. The van der Waals surface area contributed by atoms with Crippen LogP contribution in [0.15, 0.2) is 35.6 Å². The summed E-state index contributed by atoms with van der Waals surface area (Å²) < 4.78 is 0. The second-order valence-corrected chi connectivity index (χ2v) is 4.96. The summed E-state index contributed by atoms with van der Waals surface area (Å²) in [6, 6.07) is 7.83. The lowest BCUT2D eigenvalue weighted by atomic mass is 9.81. The molecule has 1 aromatic carbocycles. The minimum Gasteiger partial charge on any atom is -0.511 e. The van der Waals surface area contributed by atoms with Crippen molar-refractivity contribution in [3.8, 4) is 0 Å². The summed E-state index contributed by atoms with van der Waals surface area (Å²) in [6.07, 6.45) is 1.13. The van der Waals surface area contributed by atoms with Gasteiger partial charge in [-0.05, 0) is 18.9 Å². The molecule has 3 heteroatoms. The molecule has 0 heterocycles. The number of aliphatic hydroxyl groups is 1. The Balaban J connectivity index is 2.42. The first-order valence-corrected chi connectivity index (χ1v) is 6.60. The zero-order chi connectivity index (χ0) is 14.0. The van der Waals surface area contributed by atoms with Crippen LogP contribution in [0.5, 0.6) is 0 Å². The number of allylic oxidation sites excluding steroid dienone is 2. The van der Waals surface area contributed by atoms with Gasteiger partial charge in [-0.25, -0.2) is 0 Å². The average molecular weight is 258 g/mol. The molecule has 1 unspecified atom stereocenters. The monoisotopic (exact) mass is 258 g/mol. The van der Waals surface area contributed by atoms with E-state index in [1.807, 2.05) is 31.2 Å². The average Bonchev–Trinajstić information content (AvgIpc) is 2.40. The largest absolute Gasteiger partial charge is 0.511 e. The van der Waals surface area contributed by atoms with Crippen molar-refractivity contribution in [2.45, 2.75) is 39.0 Å². The van der Waals surface area contributed by atoms with Crippen LogP contribution >= 0.6 is 0 Å². The van der Waals surface area contributed by atoms with Gasteiger partial charge in [0.15, 0.2) is 11.6 Å². The number of hydrogen-bond donors (Lipinski definition) is 1. The van der Waals surface area contributed by atoms with E-state index in [9.17, 15) is 14.7 Å². The van der Waals surface area contributed by atoms with Crippen LogP contribution in [-0.2, 0) is 9.59 Å². The third kappa shape index (κ3) is 2.60. The Morgan fingerprint density at radius 3 is 2.53 bits per heavy atom. The standard InChI is InChI=1S/C16H18O3/c1-3-13(17)15-14(18)9-8-12(16(15)19)11-6-4-10(2)5-7-11/h4-7,12,19H,3,8-9H2,1-2H3. The fraction of sp³-hybridized carbons (Fsp3) is 0.375. The van der Waals surface area contributed by atoms with Crippen LogP contribution in [0.1, 0.15) is 43.2 Å². The zero-order valence-electron chi connectivity index (χ0n) is 11.3. The van der Waals surface area contributed by atoms with Crippen molar-refractivity contribution in [3.63, 3.8) is 0 Å². The van der Waals surface area contributed by atoms with Gasteiger partial charge >= 0.3 is 0 Å². The number of Topliss-reactive ketones (excluding diaryl/α,β-unsaturated/α-hetero) is 2. The molecule has 1 atom stereocenters. The molecular weight excluding hydrogens is 240 g/mol. The highest BCUT2D eigenvalue weighted by molar-refractivity contribution is 6.21. The van der Waals surface area contributed by atoms with Crippen LogP contribution in [-0.4, -0.2) is 16.7 Å². The maximum Gasteiger partial charge on any atom is 0.169 e. The van der Waals surface area contributed by atoms with Crippen LogP contribution in [0.3, 0.4) is 0 Å². The van der Waals surface area contributed by atoms with Crippen molar-refractivity contribution in [1.29, 1.82) is 0 Å². The van der Waals surface area contributed by atoms with Gasteiger partial charge in [0.25, 0.3) is 0 Å². The third-order valence-electron chi connectivity index (χ3n) is 3.60. The van der Waals surface area contributed by atoms with Gasteiger partial charge in [-0.1, -0.05) is 36.8 Å². The Bertz CT molecular complexity index is 538. The van der Waals surface area contributed by atoms with Gasteiger partial charge in [-0.15, -0.1) is 0 Å². The molecule has 0 bridgehead atoms. The molecular formula is C16H18O3. The Labute approximate surface area is 113 Å². The molecule has 0 saturated heterocycles. The van der Waals surface area contributed by atoms with Gasteiger partial charge in [0.2, 0.25) is 0 Å². The van der Waals surface area contributed by atoms with Gasteiger partial charge in [-0.3, -0.25) is 9.59 Å². The predicted octanol–water partition coefficient (Wildman–Crippen LogP) is 3.23. The number of hydrogen-bond acceptors (Lipinski definition) is 3. The number of rotatable bonds is 3. The number of aliphatic hydroxyl groups excluding tert-OH is 1. The second-order valence-electron chi connectivity index (χ2n) is 4.96. The Morgan fingerprint density at radius 1 is 1.32 bits per heavy atom. The number of aryl methyl sites for hydroxylation is 1. The lowest BCUT2D eigenvalue weighted by Crippen LogP contribution is -2.23. The van der Waals surface area contributed by atoms with Gasteiger partial charge in [0.05, 0.1) is 5.57 Å². The maximum absolute atomic E-state index is 11.8. The van der Waals surface area contributed by atoms with E-state index in [2.05, 4.69) is 0 Å². The van der Waals surface area contributed by atoms with Crippen LogP contribution in [0.4, 0.5) is 0 Å². The van der Waals surface area contributed by atoms with E-state index >= 15 is 0 Å². The minimum absolute atomic E-state index is 0.0133. The fourth-order valence-electron chi connectivity index (χ4n) is 2.45. The van der Waals surface area contributed by atoms with E-state index in [1.165, 1.54) is 0 Å². The van der Waals surface area contributed by atoms with Crippen molar-refractivity contribution in [2.75, 3.05) is 0 Å². The molecule has 0 radical (unpaired) electrons. The zero-order valence-corrected chi connectivity index (χ0v) is 11.3. The van der Waals surface area contributed by atoms with Gasteiger partial charge in [0, 0.05) is 18.8 Å². The summed E-state index contributed by atoms with van der Waals surface area (Å²) >= 11 is 0. The Kier molecular flexibility index (Phi) is 3.84. The van der Waals surface area contributed by atoms with Gasteiger partial charge in [-0.2, -0.15) is 0 Å².